The van der Waals surface area contributed by atoms with Gasteiger partial charge in [-0.1, -0.05) is 59.6 Å². The van der Waals surface area contributed by atoms with E-state index in [1.54, 1.807) is 34.4 Å². The van der Waals surface area contributed by atoms with Gasteiger partial charge in [0.1, 0.15) is 12.2 Å². The van der Waals surface area contributed by atoms with E-state index in [1.807, 2.05) is 48.5 Å². The summed E-state index contributed by atoms with van der Waals surface area (Å²) in [6.07, 6.45) is 5.69. The van der Waals surface area contributed by atoms with E-state index >= 15 is 0 Å². The Kier molecular flexibility index (Phi) is 6.19. The zero-order valence-corrected chi connectivity index (χ0v) is 16.9. The lowest BCUT2D eigenvalue weighted by atomic mass is 10.1. The van der Waals surface area contributed by atoms with Gasteiger partial charge in [0.2, 0.25) is 0 Å². The van der Waals surface area contributed by atoms with Crippen LogP contribution in [0.3, 0.4) is 0 Å². The van der Waals surface area contributed by atoms with Gasteiger partial charge in [-0.2, -0.15) is 30.0 Å². The minimum Gasteiger partial charge on any atom is -0.361 e. The van der Waals surface area contributed by atoms with Crippen LogP contribution in [0.2, 0.25) is 10.0 Å². The molecule has 2 aromatic carbocycles. The van der Waals surface area contributed by atoms with Crippen LogP contribution in [0.5, 0.6) is 0 Å². The Labute approximate surface area is 177 Å². The Morgan fingerprint density at radius 1 is 0.655 bits per heavy atom. The maximum absolute atomic E-state index is 6.56. The van der Waals surface area contributed by atoms with Gasteiger partial charge >= 0.3 is 0 Å². The SMILES string of the molecule is Clc1ccccc1[C@@H](Cn1nccn1)O[C@H](Cn1nccn1)c1ccccc1Cl. The number of benzene rings is 2. The molecule has 148 valence electrons. The highest BCUT2D eigenvalue weighted by molar-refractivity contribution is 6.31. The number of hydrogen-bond donors (Lipinski definition) is 0. The van der Waals surface area contributed by atoms with Crippen LogP contribution in [-0.4, -0.2) is 30.0 Å². The van der Waals surface area contributed by atoms with E-state index < -0.39 is 12.2 Å². The average Bonchev–Trinajstić information content (AvgIpc) is 3.42. The van der Waals surface area contributed by atoms with Crippen LogP contribution in [0.15, 0.2) is 73.3 Å². The fraction of sp³-hybridized carbons (Fsp3) is 0.200. The third-order valence-corrected chi connectivity index (χ3v) is 5.11. The largest absolute Gasteiger partial charge is 0.361 e. The molecule has 2 aromatic heterocycles. The Morgan fingerprint density at radius 3 is 1.41 bits per heavy atom. The summed E-state index contributed by atoms with van der Waals surface area (Å²) in [4.78, 5) is 3.15. The molecular weight excluding hydrogens is 411 g/mol. The van der Waals surface area contributed by atoms with Crippen LogP contribution in [0.1, 0.15) is 23.3 Å². The van der Waals surface area contributed by atoms with Crippen LogP contribution in [0, 0.1) is 0 Å². The Balaban J connectivity index is 1.69. The summed E-state index contributed by atoms with van der Waals surface area (Å²) in [5.74, 6) is 0. The van der Waals surface area contributed by atoms with Crippen molar-refractivity contribution in [3.05, 3.63) is 94.5 Å². The van der Waals surface area contributed by atoms with Crippen molar-refractivity contribution >= 4 is 23.2 Å². The number of ether oxygens (including phenoxy) is 1. The van der Waals surface area contributed by atoms with Gasteiger partial charge in [-0.05, 0) is 12.1 Å². The highest BCUT2D eigenvalue weighted by Crippen LogP contribution is 2.34. The monoisotopic (exact) mass is 428 g/mol. The van der Waals surface area contributed by atoms with E-state index in [-0.39, 0.29) is 0 Å². The molecule has 0 radical (unpaired) electrons. The van der Waals surface area contributed by atoms with Gasteiger partial charge in [-0.3, -0.25) is 0 Å². The van der Waals surface area contributed by atoms with Crippen LogP contribution in [0.4, 0.5) is 0 Å². The molecule has 2 atom stereocenters. The topological polar surface area (TPSA) is 70.7 Å². The molecule has 4 aromatic rings. The number of aromatic nitrogens is 6. The summed E-state index contributed by atoms with van der Waals surface area (Å²) >= 11 is 13.0. The number of nitrogens with zero attached hydrogens (tertiary/aromatic N) is 6. The second-order valence-corrected chi connectivity index (χ2v) is 7.14. The van der Waals surface area contributed by atoms with E-state index in [4.69, 9.17) is 27.9 Å². The van der Waals surface area contributed by atoms with E-state index in [0.29, 0.717) is 23.1 Å². The van der Waals surface area contributed by atoms with Gasteiger partial charge in [0.25, 0.3) is 0 Å². The fourth-order valence-electron chi connectivity index (χ4n) is 3.07. The molecule has 29 heavy (non-hydrogen) atoms. The maximum Gasteiger partial charge on any atom is 0.106 e. The van der Waals surface area contributed by atoms with Crippen LogP contribution in [0.25, 0.3) is 0 Å². The first-order chi connectivity index (χ1) is 14.2. The Hall–Kier alpha value is -2.74. The first-order valence-corrected chi connectivity index (χ1v) is 9.79. The molecule has 0 amide bonds. The molecule has 0 saturated carbocycles. The molecule has 4 rings (SSSR count). The predicted molar refractivity (Wildman–Crippen MR) is 110 cm³/mol. The van der Waals surface area contributed by atoms with Crippen LogP contribution in [-0.2, 0) is 17.8 Å². The van der Waals surface area contributed by atoms with Crippen molar-refractivity contribution in [2.45, 2.75) is 25.3 Å². The summed E-state index contributed by atoms with van der Waals surface area (Å²) in [6, 6.07) is 15.2. The lowest BCUT2D eigenvalue weighted by molar-refractivity contribution is -0.0391. The molecule has 0 aliphatic rings. The van der Waals surface area contributed by atoms with Gasteiger partial charge in [0.15, 0.2) is 0 Å². The minimum atomic E-state index is -0.409. The van der Waals surface area contributed by atoms with Crippen LogP contribution < -0.4 is 0 Å². The molecule has 2 heterocycles. The third-order valence-electron chi connectivity index (χ3n) is 4.42. The van der Waals surface area contributed by atoms with Crippen molar-refractivity contribution in [2.24, 2.45) is 0 Å². The summed E-state index contributed by atoms with van der Waals surface area (Å²) in [6.45, 7) is 0.786. The van der Waals surface area contributed by atoms with E-state index in [2.05, 4.69) is 20.4 Å². The lowest BCUT2D eigenvalue weighted by Crippen LogP contribution is -2.22. The zero-order valence-electron chi connectivity index (χ0n) is 15.3. The molecule has 7 nitrogen and oxygen atoms in total. The number of halogens is 2. The highest BCUT2D eigenvalue weighted by atomic mass is 35.5. The molecule has 0 aliphatic heterocycles. The molecule has 0 bridgehead atoms. The zero-order chi connectivity index (χ0) is 20.1. The third kappa shape index (κ3) is 4.82. The second-order valence-electron chi connectivity index (χ2n) is 6.32. The molecule has 0 spiro atoms. The van der Waals surface area contributed by atoms with Gasteiger partial charge in [0.05, 0.1) is 37.9 Å². The molecule has 0 aliphatic carbocycles. The normalized spacial score (nSPS) is 13.3. The second kappa shape index (κ2) is 9.17. The minimum absolute atomic E-state index is 0.393. The quantitative estimate of drug-likeness (QED) is 0.416. The Morgan fingerprint density at radius 2 is 1.03 bits per heavy atom. The van der Waals surface area contributed by atoms with Gasteiger partial charge in [-0.15, -0.1) is 0 Å². The molecule has 0 saturated heterocycles. The molecule has 0 N–H and O–H groups in total. The first kappa shape index (κ1) is 19.6. The highest BCUT2D eigenvalue weighted by Gasteiger charge is 2.25. The van der Waals surface area contributed by atoms with Crippen molar-refractivity contribution < 1.29 is 4.74 Å². The van der Waals surface area contributed by atoms with Crippen molar-refractivity contribution in [3.63, 3.8) is 0 Å². The Bertz CT molecular complexity index is 955. The van der Waals surface area contributed by atoms with Crippen LogP contribution >= 0.6 is 23.2 Å². The first-order valence-electron chi connectivity index (χ1n) is 9.03. The van der Waals surface area contributed by atoms with E-state index in [9.17, 15) is 0 Å². The number of rotatable bonds is 8. The van der Waals surface area contributed by atoms with Crippen molar-refractivity contribution in [2.75, 3.05) is 0 Å². The molecule has 0 unspecified atom stereocenters. The van der Waals surface area contributed by atoms with Gasteiger partial charge < -0.3 is 4.74 Å². The lowest BCUT2D eigenvalue weighted by Gasteiger charge is -2.26. The van der Waals surface area contributed by atoms with Gasteiger partial charge in [0, 0.05) is 21.2 Å². The van der Waals surface area contributed by atoms with Gasteiger partial charge in [-0.25, -0.2) is 0 Å². The van der Waals surface area contributed by atoms with Crippen molar-refractivity contribution in [1.29, 1.82) is 0 Å². The smallest absolute Gasteiger partial charge is 0.106 e. The van der Waals surface area contributed by atoms with E-state index in [0.717, 1.165) is 11.1 Å². The molecule has 0 fully saturated rings. The maximum atomic E-state index is 6.56. The average molecular weight is 429 g/mol. The number of hydrogen-bond acceptors (Lipinski definition) is 5. The molecular formula is C20H18Cl2N6O. The summed E-state index contributed by atoms with van der Waals surface area (Å²) in [7, 11) is 0. The summed E-state index contributed by atoms with van der Waals surface area (Å²) in [5, 5.41) is 18.1. The van der Waals surface area contributed by atoms with Crippen molar-refractivity contribution in [3.8, 4) is 0 Å². The standard InChI is InChI=1S/C20H18Cl2N6O/c21-17-7-3-1-5-15(17)19(13-27-23-9-10-24-27)29-20(14-28-25-11-12-26-28)16-6-2-4-8-18(16)22/h1-12,19-20H,13-14H2/t19-,20-/m1/s1. The van der Waals surface area contributed by atoms with E-state index in [1.165, 1.54) is 0 Å². The summed E-state index contributed by atoms with van der Waals surface area (Å²) < 4.78 is 6.56. The van der Waals surface area contributed by atoms with Crippen molar-refractivity contribution in [1.82, 2.24) is 30.0 Å². The fourth-order valence-corrected chi connectivity index (χ4v) is 3.59. The predicted octanol–water partition coefficient (Wildman–Crippen LogP) is 4.38. The summed E-state index contributed by atoms with van der Waals surface area (Å²) in [5.41, 5.74) is 1.69. The molecule has 9 heteroatoms.